The Balaban J connectivity index is 2.10. The number of ether oxygens (including phenoxy) is 1. The van der Waals surface area contributed by atoms with Crippen molar-refractivity contribution in [1.82, 2.24) is 4.90 Å². The first-order chi connectivity index (χ1) is 6.24. The number of nitrogens with zero attached hydrogens (tertiary/aromatic N) is 1. The van der Waals surface area contributed by atoms with Gasteiger partial charge in [0.25, 0.3) is 0 Å². The van der Waals surface area contributed by atoms with Crippen LogP contribution >= 0.6 is 0 Å². The van der Waals surface area contributed by atoms with Gasteiger partial charge in [-0.25, -0.2) is 0 Å². The van der Waals surface area contributed by atoms with Crippen LogP contribution < -0.4 is 0 Å². The van der Waals surface area contributed by atoms with Crippen molar-refractivity contribution < 1.29 is 14.3 Å². The monoisotopic (exact) mass is 183 g/mol. The van der Waals surface area contributed by atoms with Crippen LogP contribution in [0.2, 0.25) is 0 Å². The van der Waals surface area contributed by atoms with Crippen molar-refractivity contribution in [2.45, 2.75) is 25.3 Å². The molecule has 4 nitrogen and oxygen atoms in total. The third-order valence-electron chi connectivity index (χ3n) is 2.95. The van der Waals surface area contributed by atoms with Crippen LogP contribution in [0.1, 0.15) is 19.3 Å². The maximum atomic E-state index is 11.6. The van der Waals surface area contributed by atoms with Gasteiger partial charge in [-0.15, -0.1) is 0 Å². The summed E-state index contributed by atoms with van der Waals surface area (Å²) in [5.41, 5.74) is 0. The van der Waals surface area contributed by atoms with Crippen LogP contribution in [-0.4, -0.2) is 36.5 Å². The molecule has 72 valence electrons. The second-order valence-electron chi connectivity index (χ2n) is 3.64. The number of methoxy groups -OCH3 is 1. The number of carbonyl (C=O) groups is 2. The molecule has 4 heteroatoms. The maximum absolute atomic E-state index is 11.6. The SMILES string of the molecule is COC(=O)C1CC2CCCN2C1=O. The van der Waals surface area contributed by atoms with E-state index in [1.807, 2.05) is 4.90 Å². The Kier molecular flexibility index (Phi) is 1.98. The molecule has 0 bridgehead atoms. The first-order valence-electron chi connectivity index (χ1n) is 4.62. The van der Waals surface area contributed by atoms with E-state index in [-0.39, 0.29) is 11.9 Å². The van der Waals surface area contributed by atoms with Gasteiger partial charge in [0.2, 0.25) is 5.91 Å². The van der Waals surface area contributed by atoms with Gasteiger partial charge in [0.15, 0.2) is 0 Å². The van der Waals surface area contributed by atoms with Crippen LogP contribution in [0.5, 0.6) is 0 Å². The predicted octanol–water partition coefficient (Wildman–Crippen LogP) is 0.170. The van der Waals surface area contributed by atoms with Crippen molar-refractivity contribution in [3.05, 3.63) is 0 Å². The third kappa shape index (κ3) is 1.20. The molecule has 2 aliphatic rings. The van der Waals surface area contributed by atoms with Crippen molar-refractivity contribution in [2.75, 3.05) is 13.7 Å². The zero-order valence-electron chi connectivity index (χ0n) is 7.66. The van der Waals surface area contributed by atoms with Crippen molar-refractivity contribution in [1.29, 1.82) is 0 Å². The summed E-state index contributed by atoms with van der Waals surface area (Å²) in [6.07, 6.45) is 2.77. The van der Waals surface area contributed by atoms with Crippen LogP contribution in [0.25, 0.3) is 0 Å². The summed E-state index contributed by atoms with van der Waals surface area (Å²) >= 11 is 0. The van der Waals surface area contributed by atoms with E-state index in [1.165, 1.54) is 7.11 Å². The lowest BCUT2D eigenvalue weighted by molar-refractivity contribution is -0.150. The molecule has 0 radical (unpaired) electrons. The highest BCUT2D eigenvalue weighted by molar-refractivity contribution is 5.99. The highest BCUT2D eigenvalue weighted by Gasteiger charge is 2.45. The molecule has 2 saturated heterocycles. The number of esters is 1. The zero-order chi connectivity index (χ0) is 9.42. The average molecular weight is 183 g/mol. The molecular formula is C9H13NO3. The second kappa shape index (κ2) is 3.01. The molecule has 0 aromatic carbocycles. The number of hydrogen-bond acceptors (Lipinski definition) is 3. The van der Waals surface area contributed by atoms with E-state index in [9.17, 15) is 9.59 Å². The van der Waals surface area contributed by atoms with Crippen molar-refractivity contribution in [2.24, 2.45) is 5.92 Å². The lowest BCUT2D eigenvalue weighted by Crippen LogP contribution is -2.31. The third-order valence-corrected chi connectivity index (χ3v) is 2.95. The first kappa shape index (κ1) is 8.53. The number of amides is 1. The van der Waals surface area contributed by atoms with Crippen molar-refractivity contribution in [3.8, 4) is 0 Å². The van der Waals surface area contributed by atoms with Gasteiger partial charge < -0.3 is 9.64 Å². The van der Waals surface area contributed by atoms with E-state index in [2.05, 4.69) is 4.74 Å². The fourth-order valence-corrected chi connectivity index (χ4v) is 2.28. The Morgan fingerprint density at radius 3 is 3.00 bits per heavy atom. The van der Waals surface area contributed by atoms with E-state index in [4.69, 9.17) is 0 Å². The van der Waals surface area contributed by atoms with Gasteiger partial charge in [0.1, 0.15) is 5.92 Å². The summed E-state index contributed by atoms with van der Waals surface area (Å²) in [4.78, 5) is 24.6. The quantitative estimate of drug-likeness (QED) is 0.430. The van der Waals surface area contributed by atoms with Crippen molar-refractivity contribution in [3.63, 3.8) is 0 Å². The van der Waals surface area contributed by atoms with Crippen LogP contribution in [0.4, 0.5) is 0 Å². The largest absolute Gasteiger partial charge is 0.468 e. The lowest BCUT2D eigenvalue weighted by atomic mass is 10.0. The second-order valence-corrected chi connectivity index (χ2v) is 3.64. The highest BCUT2D eigenvalue weighted by atomic mass is 16.5. The molecule has 2 fully saturated rings. The molecule has 13 heavy (non-hydrogen) atoms. The predicted molar refractivity (Wildman–Crippen MR) is 44.9 cm³/mol. The molecule has 2 atom stereocenters. The Morgan fingerprint density at radius 1 is 1.62 bits per heavy atom. The fraction of sp³-hybridized carbons (Fsp3) is 0.778. The van der Waals surface area contributed by atoms with E-state index in [1.54, 1.807) is 0 Å². The van der Waals surface area contributed by atoms with Gasteiger partial charge in [0, 0.05) is 12.6 Å². The van der Waals surface area contributed by atoms with Gasteiger partial charge in [-0.2, -0.15) is 0 Å². The standard InChI is InChI=1S/C9H13NO3/c1-13-9(12)7-5-6-3-2-4-10(6)8(7)11/h6-7H,2-5H2,1H3. The molecule has 0 saturated carbocycles. The number of carbonyl (C=O) groups excluding carboxylic acids is 2. The topological polar surface area (TPSA) is 46.6 Å². The van der Waals surface area contributed by atoms with Crippen LogP contribution in [0.15, 0.2) is 0 Å². The Hall–Kier alpha value is -1.06. The molecule has 1 amide bonds. The average Bonchev–Trinajstić information content (AvgIpc) is 2.68. The minimum Gasteiger partial charge on any atom is -0.468 e. The minimum atomic E-state index is -0.518. The van der Waals surface area contributed by atoms with E-state index < -0.39 is 5.92 Å². The molecule has 0 aromatic heterocycles. The Labute approximate surface area is 76.8 Å². The molecule has 0 N–H and O–H groups in total. The van der Waals surface area contributed by atoms with E-state index in [0.29, 0.717) is 12.5 Å². The summed E-state index contributed by atoms with van der Waals surface area (Å²) in [6.45, 7) is 0.816. The van der Waals surface area contributed by atoms with Gasteiger partial charge in [-0.05, 0) is 19.3 Å². The Morgan fingerprint density at radius 2 is 2.38 bits per heavy atom. The number of hydrogen-bond donors (Lipinski definition) is 0. The molecule has 0 aromatic rings. The summed E-state index contributed by atoms with van der Waals surface area (Å²) in [5.74, 6) is -0.927. The van der Waals surface area contributed by atoms with Gasteiger partial charge in [-0.1, -0.05) is 0 Å². The first-order valence-corrected chi connectivity index (χ1v) is 4.62. The smallest absolute Gasteiger partial charge is 0.318 e. The molecule has 2 unspecified atom stereocenters. The van der Waals surface area contributed by atoms with Gasteiger partial charge in [0.05, 0.1) is 7.11 Å². The zero-order valence-corrected chi connectivity index (χ0v) is 7.66. The molecule has 2 heterocycles. The molecular weight excluding hydrogens is 170 g/mol. The molecule has 2 aliphatic heterocycles. The van der Waals surface area contributed by atoms with Crippen molar-refractivity contribution >= 4 is 11.9 Å². The fourth-order valence-electron chi connectivity index (χ4n) is 2.28. The molecule has 0 aliphatic carbocycles. The van der Waals surface area contributed by atoms with Crippen LogP contribution in [-0.2, 0) is 14.3 Å². The molecule has 0 spiro atoms. The lowest BCUT2D eigenvalue weighted by Gasteiger charge is -2.13. The van der Waals surface area contributed by atoms with Crippen LogP contribution in [0.3, 0.4) is 0 Å². The highest BCUT2D eigenvalue weighted by Crippen LogP contribution is 2.32. The minimum absolute atomic E-state index is 0.0330. The summed E-state index contributed by atoms with van der Waals surface area (Å²) in [5, 5.41) is 0. The summed E-state index contributed by atoms with van der Waals surface area (Å²) in [6, 6.07) is 0.302. The van der Waals surface area contributed by atoms with E-state index in [0.717, 1.165) is 19.4 Å². The molecule has 2 rings (SSSR count). The summed E-state index contributed by atoms with van der Waals surface area (Å²) < 4.78 is 4.58. The van der Waals surface area contributed by atoms with Gasteiger partial charge in [-0.3, -0.25) is 9.59 Å². The Bertz CT molecular complexity index is 251. The van der Waals surface area contributed by atoms with Gasteiger partial charge >= 0.3 is 5.97 Å². The normalized spacial score (nSPS) is 32.1. The maximum Gasteiger partial charge on any atom is 0.318 e. The number of fused-ring (bicyclic) bond motifs is 1. The number of rotatable bonds is 1. The summed E-state index contributed by atoms with van der Waals surface area (Å²) in [7, 11) is 1.33. The van der Waals surface area contributed by atoms with Crippen LogP contribution in [0, 0.1) is 5.92 Å². The van der Waals surface area contributed by atoms with E-state index >= 15 is 0 Å².